The highest BCUT2D eigenvalue weighted by atomic mass is 32.1. The molecular weight excluding hydrogens is 298 g/mol. The van der Waals surface area contributed by atoms with Crippen LogP contribution in [-0.2, 0) is 22.4 Å². The van der Waals surface area contributed by atoms with Gasteiger partial charge in [0.15, 0.2) is 0 Å². The highest BCUT2D eigenvalue weighted by Gasteiger charge is 2.28. The Kier molecular flexibility index (Phi) is 5.40. The van der Waals surface area contributed by atoms with Crippen LogP contribution >= 0.6 is 11.3 Å². The summed E-state index contributed by atoms with van der Waals surface area (Å²) in [5, 5.41) is 3.48. The molecule has 2 rings (SSSR count). The van der Waals surface area contributed by atoms with E-state index in [1.165, 1.54) is 22.3 Å². The Morgan fingerprint density at radius 1 is 1.41 bits per heavy atom. The molecule has 1 aliphatic rings. The summed E-state index contributed by atoms with van der Waals surface area (Å²) in [6.45, 7) is 8.08. The van der Waals surface area contributed by atoms with E-state index in [-0.39, 0.29) is 11.9 Å². The van der Waals surface area contributed by atoms with Crippen LogP contribution < -0.4 is 5.32 Å². The quantitative estimate of drug-likeness (QED) is 0.675. The number of carbonyl (C=O) groups excluding carboxylic acids is 2. The van der Waals surface area contributed by atoms with E-state index in [2.05, 4.69) is 12.2 Å². The van der Waals surface area contributed by atoms with Gasteiger partial charge in [-0.1, -0.05) is 12.5 Å². The molecule has 1 aliphatic carbocycles. The van der Waals surface area contributed by atoms with E-state index >= 15 is 0 Å². The summed E-state index contributed by atoms with van der Waals surface area (Å²) in [5.41, 5.74) is 2.54. The van der Waals surface area contributed by atoms with Crippen molar-refractivity contribution in [1.29, 1.82) is 0 Å². The molecule has 4 nitrogen and oxygen atoms in total. The zero-order valence-corrected chi connectivity index (χ0v) is 14.4. The molecule has 120 valence electrons. The summed E-state index contributed by atoms with van der Waals surface area (Å²) in [5.74, 6) is 0.0850. The molecule has 1 N–H and O–H groups in total. The number of amides is 1. The smallest absolute Gasteiger partial charge is 0.341 e. The second-order valence-corrected chi connectivity index (χ2v) is 7.09. The minimum absolute atomic E-state index is 0.197. The maximum Gasteiger partial charge on any atom is 0.341 e. The first-order valence-electron chi connectivity index (χ1n) is 7.69. The number of hydrogen-bond donors (Lipinski definition) is 1. The summed E-state index contributed by atoms with van der Waals surface area (Å²) in [4.78, 5) is 25.5. The lowest BCUT2D eigenvalue weighted by molar-refractivity contribution is -0.111. The summed E-state index contributed by atoms with van der Waals surface area (Å²) in [6, 6.07) is 0. The second kappa shape index (κ2) is 7.09. The Hall–Kier alpha value is -1.62. The lowest BCUT2D eigenvalue weighted by atomic mass is 9.88. The Bertz CT molecular complexity index is 612. The zero-order chi connectivity index (χ0) is 16.3. The summed E-state index contributed by atoms with van der Waals surface area (Å²) in [6.07, 6.45) is 4.44. The van der Waals surface area contributed by atoms with Gasteiger partial charge in [-0.15, -0.1) is 11.3 Å². The molecule has 0 aromatic carbocycles. The molecule has 0 spiro atoms. The van der Waals surface area contributed by atoms with Crippen molar-refractivity contribution in [2.75, 3.05) is 11.9 Å². The van der Waals surface area contributed by atoms with E-state index in [1.54, 1.807) is 6.92 Å². The van der Waals surface area contributed by atoms with Crippen LogP contribution in [0.15, 0.2) is 11.6 Å². The third-order valence-electron chi connectivity index (χ3n) is 3.65. The molecule has 1 amide bonds. The van der Waals surface area contributed by atoms with Crippen molar-refractivity contribution in [3.8, 4) is 0 Å². The van der Waals surface area contributed by atoms with Gasteiger partial charge in [-0.25, -0.2) is 4.79 Å². The number of fused-ring (bicyclic) bond motifs is 1. The molecule has 1 atom stereocenters. The third kappa shape index (κ3) is 3.77. The minimum atomic E-state index is -0.331. The van der Waals surface area contributed by atoms with Crippen LogP contribution in [-0.4, -0.2) is 18.5 Å². The summed E-state index contributed by atoms with van der Waals surface area (Å²) >= 11 is 1.51. The number of carbonyl (C=O) groups is 2. The molecule has 0 bridgehead atoms. The van der Waals surface area contributed by atoms with Gasteiger partial charge in [0.05, 0.1) is 12.2 Å². The molecular formula is C17H23NO3S. The van der Waals surface area contributed by atoms with Gasteiger partial charge in [0.2, 0.25) is 5.91 Å². The van der Waals surface area contributed by atoms with E-state index < -0.39 is 0 Å². The number of esters is 1. The summed E-state index contributed by atoms with van der Waals surface area (Å²) in [7, 11) is 0. The molecule has 0 saturated carbocycles. The molecule has 22 heavy (non-hydrogen) atoms. The predicted molar refractivity (Wildman–Crippen MR) is 89.5 cm³/mol. The molecule has 1 aromatic rings. The van der Waals surface area contributed by atoms with Crippen molar-refractivity contribution in [2.24, 2.45) is 5.92 Å². The van der Waals surface area contributed by atoms with Crippen molar-refractivity contribution in [3.63, 3.8) is 0 Å². The number of hydrogen-bond acceptors (Lipinski definition) is 4. The average Bonchev–Trinajstić information content (AvgIpc) is 2.74. The second-order valence-electron chi connectivity index (χ2n) is 5.99. The van der Waals surface area contributed by atoms with E-state index in [4.69, 9.17) is 4.74 Å². The van der Waals surface area contributed by atoms with Crippen LogP contribution in [0.4, 0.5) is 5.00 Å². The van der Waals surface area contributed by atoms with Gasteiger partial charge in [0.1, 0.15) is 5.00 Å². The van der Waals surface area contributed by atoms with Gasteiger partial charge in [-0.3, -0.25) is 4.79 Å². The maximum absolute atomic E-state index is 12.3. The maximum atomic E-state index is 12.3. The summed E-state index contributed by atoms with van der Waals surface area (Å²) < 4.78 is 5.18. The highest BCUT2D eigenvalue weighted by Crippen LogP contribution is 2.40. The van der Waals surface area contributed by atoms with Crippen molar-refractivity contribution < 1.29 is 14.3 Å². The fraction of sp³-hybridized carbons (Fsp3) is 0.529. The number of anilines is 1. The van der Waals surface area contributed by atoms with E-state index in [9.17, 15) is 9.59 Å². The SMILES string of the molecule is CCOC(=O)c1c(NC(=O)C=C(C)C)sc2c1CCC(C)C2. The monoisotopic (exact) mass is 321 g/mol. The van der Waals surface area contributed by atoms with Crippen LogP contribution in [0.2, 0.25) is 0 Å². The van der Waals surface area contributed by atoms with Gasteiger partial charge in [0, 0.05) is 11.0 Å². The standard InChI is InChI=1S/C17H23NO3S/c1-5-21-17(20)15-12-7-6-11(4)9-13(12)22-16(15)18-14(19)8-10(2)3/h8,11H,5-7,9H2,1-4H3,(H,18,19). The Morgan fingerprint density at radius 3 is 2.77 bits per heavy atom. The molecule has 1 heterocycles. The Balaban J connectivity index is 2.37. The lowest BCUT2D eigenvalue weighted by Gasteiger charge is -2.18. The molecule has 1 unspecified atom stereocenters. The first-order chi connectivity index (χ1) is 10.4. The number of thiophene rings is 1. The van der Waals surface area contributed by atoms with E-state index in [0.717, 1.165) is 30.4 Å². The van der Waals surface area contributed by atoms with Crippen LogP contribution in [0.3, 0.4) is 0 Å². The Labute approximate surface area is 135 Å². The number of nitrogens with one attached hydrogen (secondary N) is 1. The highest BCUT2D eigenvalue weighted by molar-refractivity contribution is 7.17. The van der Waals surface area contributed by atoms with Crippen molar-refractivity contribution in [1.82, 2.24) is 0 Å². The van der Waals surface area contributed by atoms with Crippen molar-refractivity contribution in [2.45, 2.75) is 47.0 Å². The molecule has 0 saturated heterocycles. The lowest BCUT2D eigenvalue weighted by Crippen LogP contribution is -2.15. The molecule has 0 aliphatic heterocycles. The minimum Gasteiger partial charge on any atom is -0.462 e. The van der Waals surface area contributed by atoms with Crippen LogP contribution in [0.25, 0.3) is 0 Å². The normalized spacial score (nSPS) is 16.6. The van der Waals surface area contributed by atoms with Crippen LogP contribution in [0.5, 0.6) is 0 Å². The van der Waals surface area contributed by atoms with Gasteiger partial charge in [-0.2, -0.15) is 0 Å². The number of rotatable bonds is 4. The topological polar surface area (TPSA) is 55.4 Å². The fourth-order valence-corrected chi connectivity index (χ4v) is 4.07. The molecule has 1 aromatic heterocycles. The molecule has 0 fully saturated rings. The van der Waals surface area contributed by atoms with Gasteiger partial charge in [0.25, 0.3) is 0 Å². The van der Waals surface area contributed by atoms with Gasteiger partial charge in [-0.05, 0) is 51.5 Å². The third-order valence-corrected chi connectivity index (χ3v) is 4.82. The largest absolute Gasteiger partial charge is 0.462 e. The molecule has 5 heteroatoms. The number of ether oxygens (including phenoxy) is 1. The Morgan fingerprint density at radius 2 is 2.14 bits per heavy atom. The van der Waals surface area contributed by atoms with Crippen LogP contribution in [0.1, 0.15) is 54.9 Å². The van der Waals surface area contributed by atoms with E-state index in [0.29, 0.717) is 23.1 Å². The van der Waals surface area contributed by atoms with Gasteiger partial charge >= 0.3 is 5.97 Å². The first kappa shape index (κ1) is 16.7. The first-order valence-corrected chi connectivity index (χ1v) is 8.51. The number of allylic oxidation sites excluding steroid dienone is 1. The average molecular weight is 321 g/mol. The fourth-order valence-electron chi connectivity index (χ4n) is 2.67. The van der Waals surface area contributed by atoms with E-state index in [1.807, 2.05) is 13.8 Å². The van der Waals surface area contributed by atoms with Crippen molar-refractivity contribution in [3.05, 3.63) is 27.7 Å². The predicted octanol–water partition coefficient (Wildman–Crippen LogP) is 3.95. The molecule has 0 radical (unpaired) electrons. The van der Waals surface area contributed by atoms with Crippen molar-refractivity contribution >= 4 is 28.2 Å². The van der Waals surface area contributed by atoms with Crippen LogP contribution in [0, 0.1) is 5.92 Å². The van der Waals surface area contributed by atoms with Gasteiger partial charge < -0.3 is 10.1 Å². The zero-order valence-electron chi connectivity index (χ0n) is 13.6.